The number of nitrogen functional groups attached to an aromatic ring is 1. The van der Waals surface area contributed by atoms with Gasteiger partial charge in [-0.1, -0.05) is 12.1 Å². The van der Waals surface area contributed by atoms with E-state index in [1.54, 1.807) is 14.2 Å². The molecule has 3 heterocycles. The highest BCUT2D eigenvalue weighted by molar-refractivity contribution is 7.16. The molecule has 0 saturated carbocycles. The van der Waals surface area contributed by atoms with Gasteiger partial charge in [-0.2, -0.15) is 0 Å². The van der Waals surface area contributed by atoms with Crippen molar-refractivity contribution in [3.05, 3.63) is 75.3 Å². The Kier molecular flexibility index (Phi) is 8.71. The van der Waals surface area contributed by atoms with Gasteiger partial charge in [0.1, 0.15) is 22.1 Å². The molecule has 1 amide bonds. The molecule has 4 aromatic rings. The zero-order valence-electron chi connectivity index (χ0n) is 25.6. The second-order valence-corrected chi connectivity index (χ2v) is 13.1. The van der Waals surface area contributed by atoms with Crippen molar-refractivity contribution in [3.8, 4) is 11.5 Å². The Hall–Kier alpha value is -4.02. The Balaban J connectivity index is 1.37. The summed E-state index contributed by atoms with van der Waals surface area (Å²) in [6.45, 7) is 9.23. The molecule has 1 unspecified atom stereocenters. The van der Waals surface area contributed by atoms with Crippen LogP contribution in [0.2, 0.25) is 0 Å². The van der Waals surface area contributed by atoms with Crippen molar-refractivity contribution in [3.63, 3.8) is 0 Å². The molecule has 10 heteroatoms. The minimum Gasteiger partial charge on any atom is -0.497 e. The van der Waals surface area contributed by atoms with Crippen LogP contribution >= 0.6 is 11.3 Å². The first kappa shape index (κ1) is 30.4. The van der Waals surface area contributed by atoms with E-state index in [0.29, 0.717) is 36.6 Å². The summed E-state index contributed by atoms with van der Waals surface area (Å²) in [5, 5.41) is 4.63. The van der Waals surface area contributed by atoms with Gasteiger partial charge in [0.05, 0.1) is 26.2 Å². The van der Waals surface area contributed by atoms with Gasteiger partial charge < -0.3 is 30.2 Å². The van der Waals surface area contributed by atoms with Crippen LogP contribution in [0.4, 0.5) is 5.00 Å². The van der Waals surface area contributed by atoms with Crippen LogP contribution in [-0.2, 0) is 35.5 Å². The van der Waals surface area contributed by atoms with Crippen molar-refractivity contribution in [2.24, 2.45) is 0 Å². The van der Waals surface area contributed by atoms with Gasteiger partial charge in [0.25, 0.3) is 0 Å². The highest BCUT2D eigenvalue weighted by Crippen LogP contribution is 2.38. The van der Waals surface area contributed by atoms with Gasteiger partial charge in [0.2, 0.25) is 5.91 Å². The molecular weight excluding hydrogens is 564 g/mol. The predicted molar refractivity (Wildman–Crippen MR) is 170 cm³/mol. The van der Waals surface area contributed by atoms with Crippen LogP contribution in [0.15, 0.2) is 42.5 Å². The number of amides is 1. The number of nitrogens with zero attached hydrogens (tertiary/aromatic N) is 1. The molecule has 43 heavy (non-hydrogen) atoms. The molecular formula is C33H40N4O5S. The zero-order chi connectivity index (χ0) is 30.9. The maximum atomic E-state index is 13.3. The molecule has 0 radical (unpaired) electrons. The molecule has 1 aliphatic rings. The van der Waals surface area contributed by atoms with Gasteiger partial charge in [-0.25, -0.2) is 4.79 Å². The molecule has 0 fully saturated rings. The Bertz CT molecular complexity index is 1630. The third kappa shape index (κ3) is 6.81. The maximum Gasteiger partial charge on any atom is 0.341 e. The molecule has 5 rings (SSSR count). The zero-order valence-corrected chi connectivity index (χ0v) is 26.4. The van der Waals surface area contributed by atoms with Crippen LogP contribution in [0.25, 0.3) is 10.9 Å². The number of nitrogens with two attached hydrogens (primary N) is 1. The quantitative estimate of drug-likeness (QED) is 0.220. The van der Waals surface area contributed by atoms with E-state index in [2.05, 4.69) is 15.2 Å². The van der Waals surface area contributed by atoms with Crippen molar-refractivity contribution in [2.75, 3.05) is 26.5 Å². The molecule has 9 nitrogen and oxygen atoms in total. The SMILES string of the molecule is COc1ccc(CN2Cc3sc(N)c(C(=O)OC(C)(C)C)c3CC2CNC(=O)Cc2c(C)[nH]c3ccc(OC)cc23)cc1. The van der Waals surface area contributed by atoms with E-state index >= 15 is 0 Å². The van der Waals surface area contributed by atoms with Crippen molar-refractivity contribution < 1.29 is 23.8 Å². The van der Waals surface area contributed by atoms with E-state index in [-0.39, 0.29) is 18.4 Å². The lowest BCUT2D eigenvalue weighted by atomic mass is 9.95. The Morgan fingerprint density at radius 3 is 2.47 bits per heavy atom. The van der Waals surface area contributed by atoms with Crippen molar-refractivity contribution in [1.29, 1.82) is 0 Å². The van der Waals surface area contributed by atoms with Gasteiger partial charge in [0, 0.05) is 47.2 Å². The van der Waals surface area contributed by atoms with Crippen molar-refractivity contribution in [2.45, 2.75) is 65.3 Å². The van der Waals surface area contributed by atoms with Crippen molar-refractivity contribution in [1.82, 2.24) is 15.2 Å². The third-order valence-electron chi connectivity index (χ3n) is 7.77. The fourth-order valence-electron chi connectivity index (χ4n) is 5.63. The van der Waals surface area contributed by atoms with Crippen LogP contribution in [0.5, 0.6) is 11.5 Å². The summed E-state index contributed by atoms with van der Waals surface area (Å²) in [5.41, 5.74) is 11.1. The summed E-state index contributed by atoms with van der Waals surface area (Å²) in [6.07, 6.45) is 0.807. The van der Waals surface area contributed by atoms with Crippen LogP contribution in [-0.4, -0.2) is 54.2 Å². The average Bonchev–Trinajstić information content (AvgIpc) is 3.44. The number of benzene rings is 2. The number of ether oxygens (including phenoxy) is 3. The number of fused-ring (bicyclic) bond motifs is 2. The third-order valence-corrected chi connectivity index (χ3v) is 8.81. The van der Waals surface area contributed by atoms with E-state index in [1.165, 1.54) is 11.3 Å². The number of H-pyrrole nitrogens is 1. The van der Waals surface area contributed by atoms with Crippen LogP contribution in [0.3, 0.4) is 0 Å². The topological polar surface area (TPSA) is 119 Å². The summed E-state index contributed by atoms with van der Waals surface area (Å²) in [5.74, 6) is 1.07. The summed E-state index contributed by atoms with van der Waals surface area (Å²) >= 11 is 1.44. The molecule has 0 saturated heterocycles. The molecule has 0 spiro atoms. The second-order valence-electron chi connectivity index (χ2n) is 12.0. The number of carbonyl (C=O) groups excluding carboxylic acids is 2. The monoisotopic (exact) mass is 604 g/mol. The minimum atomic E-state index is -0.634. The van der Waals surface area contributed by atoms with Gasteiger partial charge in [-0.15, -0.1) is 11.3 Å². The average molecular weight is 605 g/mol. The molecule has 0 bridgehead atoms. The van der Waals surface area contributed by atoms with Gasteiger partial charge >= 0.3 is 5.97 Å². The lowest BCUT2D eigenvalue weighted by Gasteiger charge is -2.36. The molecule has 4 N–H and O–H groups in total. The number of methoxy groups -OCH3 is 2. The Morgan fingerprint density at radius 2 is 1.79 bits per heavy atom. The first-order valence-corrected chi connectivity index (χ1v) is 15.2. The number of nitrogens with one attached hydrogen (secondary N) is 2. The number of hydrogen-bond donors (Lipinski definition) is 3. The fourth-order valence-corrected chi connectivity index (χ4v) is 6.74. The first-order valence-electron chi connectivity index (χ1n) is 14.4. The highest BCUT2D eigenvalue weighted by Gasteiger charge is 2.34. The molecule has 1 atom stereocenters. The number of carbonyl (C=O) groups is 2. The van der Waals surface area contributed by atoms with Gasteiger partial charge in [-0.05, 0) is 81.1 Å². The van der Waals surface area contributed by atoms with E-state index in [1.807, 2.05) is 70.2 Å². The number of rotatable bonds is 9. The largest absolute Gasteiger partial charge is 0.497 e. The summed E-state index contributed by atoms with van der Waals surface area (Å²) in [6, 6.07) is 13.8. The number of aromatic amines is 1. The molecule has 1 aliphatic heterocycles. The fraction of sp³-hybridized carbons (Fsp3) is 0.394. The number of anilines is 1. The van der Waals surface area contributed by atoms with E-state index in [4.69, 9.17) is 19.9 Å². The van der Waals surface area contributed by atoms with E-state index < -0.39 is 11.6 Å². The number of hydrogen-bond acceptors (Lipinski definition) is 8. The number of aromatic nitrogens is 1. The van der Waals surface area contributed by atoms with Gasteiger partial charge in [0.15, 0.2) is 0 Å². The predicted octanol–water partition coefficient (Wildman–Crippen LogP) is 5.38. The van der Waals surface area contributed by atoms with E-state index in [9.17, 15) is 9.59 Å². The van der Waals surface area contributed by atoms with Crippen LogP contribution in [0.1, 0.15) is 58.4 Å². The van der Waals surface area contributed by atoms with Crippen LogP contribution in [0, 0.1) is 6.92 Å². The van der Waals surface area contributed by atoms with Gasteiger partial charge in [-0.3, -0.25) is 9.69 Å². The number of aryl methyl sites for hydroxylation is 1. The van der Waals surface area contributed by atoms with Crippen LogP contribution < -0.4 is 20.5 Å². The van der Waals surface area contributed by atoms with Crippen molar-refractivity contribution >= 4 is 39.1 Å². The molecule has 2 aromatic carbocycles. The first-order chi connectivity index (χ1) is 20.5. The smallest absolute Gasteiger partial charge is 0.341 e. The highest BCUT2D eigenvalue weighted by atomic mass is 32.1. The lowest BCUT2D eigenvalue weighted by Crippen LogP contribution is -2.47. The standard InChI is InChI=1S/C33H40N4O5S/c1-19-24(25-14-23(41-6)11-12-27(25)36-19)15-29(38)35-16-21-13-26-28(43-31(34)30(26)32(39)42-33(2,3)4)18-37(21)17-20-7-9-22(40-5)10-8-20/h7-12,14,21,36H,13,15-18,34H2,1-6H3,(H,35,38). The Morgan fingerprint density at radius 1 is 1.09 bits per heavy atom. The molecule has 2 aromatic heterocycles. The lowest BCUT2D eigenvalue weighted by molar-refractivity contribution is -0.120. The van der Waals surface area contributed by atoms with E-state index in [0.717, 1.165) is 49.7 Å². The number of thiophene rings is 1. The number of esters is 1. The summed E-state index contributed by atoms with van der Waals surface area (Å²) < 4.78 is 16.4. The molecule has 0 aliphatic carbocycles. The summed E-state index contributed by atoms with van der Waals surface area (Å²) in [4.78, 5) is 33.3. The Labute approximate surface area is 256 Å². The second kappa shape index (κ2) is 12.3. The minimum absolute atomic E-state index is 0.0575. The summed E-state index contributed by atoms with van der Waals surface area (Å²) in [7, 11) is 3.28. The normalized spacial score (nSPS) is 15.3. The maximum absolute atomic E-state index is 13.3. The molecule has 228 valence electrons.